The Bertz CT molecular complexity index is 1690. The van der Waals surface area contributed by atoms with E-state index in [4.69, 9.17) is 4.42 Å². The molecule has 1 amide bonds. The smallest absolute Gasteiger partial charge is 0.451 e. The van der Waals surface area contributed by atoms with Gasteiger partial charge in [-0.1, -0.05) is 72.8 Å². The summed E-state index contributed by atoms with van der Waals surface area (Å²) in [4.78, 5) is 14.0. The lowest BCUT2D eigenvalue weighted by atomic mass is 9.77. The lowest BCUT2D eigenvalue weighted by Gasteiger charge is -2.37. The Hall–Kier alpha value is -4.93. The van der Waals surface area contributed by atoms with Gasteiger partial charge in [0.2, 0.25) is 0 Å². The summed E-state index contributed by atoms with van der Waals surface area (Å²) in [7, 11) is 0. The summed E-state index contributed by atoms with van der Waals surface area (Å²) in [5.74, 6) is -1.98. The van der Waals surface area contributed by atoms with Gasteiger partial charge in [0.15, 0.2) is 5.76 Å². The standard InChI is InChI=1S/C32H23F6NO4/c1-20-26-15-5-6-16-27(26)41-28(20)29(40)39-30(19-21-9-3-2-4-10-21,22-11-7-13-24(17-22)42-31(33,34)35)23-12-8-14-25(18-23)43-32(36,37)38/h2-18H,19H2,1H3,(H,39,40). The Balaban J connectivity index is 1.73. The fourth-order valence-corrected chi connectivity index (χ4v) is 5.02. The summed E-state index contributed by atoms with van der Waals surface area (Å²) in [5.41, 5.74) is 0.0203. The van der Waals surface area contributed by atoms with Crippen LogP contribution in [0.1, 0.15) is 32.8 Å². The molecule has 0 saturated carbocycles. The molecule has 0 unspecified atom stereocenters. The Labute approximate surface area is 241 Å². The number of rotatable bonds is 8. The van der Waals surface area contributed by atoms with Crippen molar-refractivity contribution in [3.05, 3.63) is 131 Å². The molecular weight excluding hydrogens is 576 g/mol. The summed E-state index contributed by atoms with van der Waals surface area (Å²) in [6, 6.07) is 25.4. The predicted molar refractivity (Wildman–Crippen MR) is 146 cm³/mol. The van der Waals surface area contributed by atoms with Crippen molar-refractivity contribution in [3.63, 3.8) is 0 Å². The maximum absolute atomic E-state index is 14.0. The highest BCUT2D eigenvalue weighted by atomic mass is 19.4. The number of benzene rings is 4. The third-order valence-corrected chi connectivity index (χ3v) is 6.81. The van der Waals surface area contributed by atoms with E-state index < -0.39 is 35.7 Å². The zero-order valence-corrected chi connectivity index (χ0v) is 22.4. The number of carbonyl (C=O) groups excluding carboxylic acids is 1. The van der Waals surface area contributed by atoms with Crippen molar-refractivity contribution in [1.29, 1.82) is 0 Å². The van der Waals surface area contributed by atoms with Crippen LogP contribution in [0.2, 0.25) is 0 Å². The molecule has 0 bridgehead atoms. The highest BCUT2D eigenvalue weighted by molar-refractivity contribution is 5.99. The van der Waals surface area contributed by atoms with Gasteiger partial charge in [0.1, 0.15) is 17.1 Å². The van der Waals surface area contributed by atoms with Gasteiger partial charge < -0.3 is 19.2 Å². The van der Waals surface area contributed by atoms with Gasteiger partial charge in [-0.2, -0.15) is 0 Å². The molecule has 5 nitrogen and oxygen atoms in total. The number of alkyl halides is 6. The molecule has 5 rings (SSSR count). The second kappa shape index (κ2) is 11.4. The van der Waals surface area contributed by atoms with E-state index in [2.05, 4.69) is 14.8 Å². The molecule has 0 saturated heterocycles. The van der Waals surface area contributed by atoms with Crippen molar-refractivity contribution >= 4 is 16.9 Å². The van der Waals surface area contributed by atoms with Crippen LogP contribution in [-0.4, -0.2) is 18.6 Å². The second-order valence-electron chi connectivity index (χ2n) is 9.73. The molecule has 11 heteroatoms. The van der Waals surface area contributed by atoms with Crippen LogP contribution >= 0.6 is 0 Å². The van der Waals surface area contributed by atoms with E-state index in [1.807, 2.05) is 0 Å². The van der Waals surface area contributed by atoms with Crippen molar-refractivity contribution in [3.8, 4) is 11.5 Å². The molecule has 0 aliphatic heterocycles. The zero-order valence-electron chi connectivity index (χ0n) is 22.4. The minimum atomic E-state index is -5.02. The van der Waals surface area contributed by atoms with Crippen LogP contribution in [-0.2, 0) is 12.0 Å². The molecular formula is C32H23F6NO4. The SMILES string of the molecule is Cc1c(C(=O)NC(Cc2ccccc2)(c2cccc(OC(F)(F)F)c2)c2cccc(OC(F)(F)F)c2)oc2ccccc12. The summed E-state index contributed by atoms with van der Waals surface area (Å²) in [6.45, 7) is 1.68. The number of para-hydroxylation sites is 1. The topological polar surface area (TPSA) is 60.7 Å². The normalized spacial score (nSPS) is 12.3. The second-order valence-corrected chi connectivity index (χ2v) is 9.73. The van der Waals surface area contributed by atoms with Gasteiger partial charge >= 0.3 is 12.7 Å². The number of carbonyl (C=O) groups is 1. The lowest BCUT2D eigenvalue weighted by molar-refractivity contribution is -0.275. The van der Waals surface area contributed by atoms with E-state index in [0.29, 0.717) is 22.1 Å². The maximum atomic E-state index is 14.0. The molecule has 0 fully saturated rings. The average molecular weight is 600 g/mol. The van der Waals surface area contributed by atoms with Gasteiger partial charge in [0.05, 0.1) is 5.54 Å². The van der Waals surface area contributed by atoms with E-state index in [1.54, 1.807) is 61.5 Å². The number of nitrogens with one attached hydrogen (secondary N) is 1. The maximum Gasteiger partial charge on any atom is 0.573 e. The van der Waals surface area contributed by atoms with E-state index in [-0.39, 0.29) is 23.3 Å². The first kappa shape index (κ1) is 29.6. The van der Waals surface area contributed by atoms with E-state index in [9.17, 15) is 31.1 Å². The molecule has 1 aromatic heterocycles. The molecule has 0 atom stereocenters. The molecule has 0 radical (unpaired) electrons. The number of ether oxygens (including phenoxy) is 2. The Morgan fingerprint density at radius 3 is 1.79 bits per heavy atom. The van der Waals surface area contributed by atoms with Gasteiger partial charge in [-0.05, 0) is 53.9 Å². The molecule has 4 aromatic carbocycles. The first-order chi connectivity index (χ1) is 20.3. The fraction of sp³-hybridized carbons (Fsp3) is 0.156. The average Bonchev–Trinajstić information content (AvgIpc) is 3.28. The van der Waals surface area contributed by atoms with Gasteiger partial charge in [0, 0.05) is 17.4 Å². The van der Waals surface area contributed by atoms with Crippen molar-refractivity contribution in [2.24, 2.45) is 0 Å². The molecule has 222 valence electrons. The number of furan rings is 1. The van der Waals surface area contributed by atoms with Gasteiger partial charge in [-0.15, -0.1) is 26.3 Å². The zero-order chi connectivity index (χ0) is 30.8. The Morgan fingerprint density at radius 2 is 1.26 bits per heavy atom. The summed E-state index contributed by atoms with van der Waals surface area (Å²) in [6.07, 6.45) is -10.1. The van der Waals surface area contributed by atoms with E-state index in [0.717, 1.165) is 24.3 Å². The first-order valence-corrected chi connectivity index (χ1v) is 12.9. The number of halogens is 6. The predicted octanol–water partition coefficient (Wildman–Crippen LogP) is 8.45. The first-order valence-electron chi connectivity index (χ1n) is 12.9. The van der Waals surface area contributed by atoms with Gasteiger partial charge in [-0.25, -0.2) is 0 Å². The molecule has 0 spiro atoms. The summed E-state index contributed by atoms with van der Waals surface area (Å²) in [5, 5.41) is 3.57. The monoisotopic (exact) mass is 599 g/mol. The third kappa shape index (κ3) is 6.77. The lowest BCUT2D eigenvalue weighted by Crippen LogP contribution is -2.48. The van der Waals surface area contributed by atoms with Crippen LogP contribution in [0.25, 0.3) is 11.0 Å². The minimum Gasteiger partial charge on any atom is -0.451 e. The highest BCUT2D eigenvalue weighted by Gasteiger charge is 2.40. The Kier molecular flexibility index (Phi) is 7.83. The molecule has 1 N–H and O–H groups in total. The van der Waals surface area contributed by atoms with Gasteiger partial charge in [-0.3, -0.25) is 4.79 Å². The van der Waals surface area contributed by atoms with Crippen molar-refractivity contribution in [1.82, 2.24) is 5.32 Å². The molecule has 0 aliphatic carbocycles. The number of hydrogen-bond acceptors (Lipinski definition) is 4. The quantitative estimate of drug-likeness (QED) is 0.182. The number of aryl methyl sites for hydroxylation is 1. The molecule has 0 aliphatic rings. The van der Waals surface area contributed by atoms with Gasteiger partial charge in [0.25, 0.3) is 5.91 Å². The third-order valence-electron chi connectivity index (χ3n) is 6.81. The van der Waals surface area contributed by atoms with Crippen LogP contribution in [0.5, 0.6) is 11.5 Å². The van der Waals surface area contributed by atoms with Crippen LogP contribution < -0.4 is 14.8 Å². The summed E-state index contributed by atoms with van der Waals surface area (Å²) >= 11 is 0. The van der Waals surface area contributed by atoms with Crippen LogP contribution in [0.4, 0.5) is 26.3 Å². The Morgan fingerprint density at radius 1 is 0.721 bits per heavy atom. The number of amides is 1. The molecule has 5 aromatic rings. The van der Waals surface area contributed by atoms with E-state index >= 15 is 0 Å². The van der Waals surface area contributed by atoms with Crippen molar-refractivity contribution < 1.29 is 45.0 Å². The number of hydrogen-bond donors (Lipinski definition) is 1. The summed E-state index contributed by atoms with van der Waals surface area (Å²) < 4.78 is 93.4. The van der Waals surface area contributed by atoms with Crippen LogP contribution in [0.15, 0.2) is 108 Å². The highest BCUT2D eigenvalue weighted by Crippen LogP contribution is 2.39. The van der Waals surface area contributed by atoms with Crippen molar-refractivity contribution in [2.45, 2.75) is 31.6 Å². The molecule has 43 heavy (non-hydrogen) atoms. The minimum absolute atomic E-state index is 0.0657. The van der Waals surface area contributed by atoms with Crippen LogP contribution in [0.3, 0.4) is 0 Å². The largest absolute Gasteiger partial charge is 0.573 e. The molecule has 1 heterocycles. The fourth-order valence-electron chi connectivity index (χ4n) is 5.02. The van der Waals surface area contributed by atoms with E-state index in [1.165, 1.54) is 24.3 Å². The van der Waals surface area contributed by atoms with Crippen molar-refractivity contribution in [2.75, 3.05) is 0 Å². The number of fused-ring (bicyclic) bond motifs is 1. The van der Waals surface area contributed by atoms with Crippen LogP contribution in [0, 0.1) is 6.92 Å².